The van der Waals surface area contributed by atoms with Gasteiger partial charge in [0.15, 0.2) is 0 Å². The van der Waals surface area contributed by atoms with Crippen molar-refractivity contribution in [1.29, 1.82) is 0 Å². The molecule has 1 saturated heterocycles. The molecule has 1 fully saturated rings. The van der Waals surface area contributed by atoms with Crippen molar-refractivity contribution in [3.8, 4) is 0 Å². The molecule has 0 aromatic carbocycles. The first-order chi connectivity index (χ1) is 9.55. The smallest absolute Gasteiger partial charge is 0.0841 e. The molecule has 0 N–H and O–H groups in total. The van der Waals surface area contributed by atoms with Crippen LogP contribution in [0, 0.1) is 6.92 Å². The van der Waals surface area contributed by atoms with Gasteiger partial charge in [0.25, 0.3) is 0 Å². The topological polar surface area (TPSA) is 46.4 Å². The van der Waals surface area contributed by atoms with Crippen molar-refractivity contribution in [3.63, 3.8) is 0 Å². The Balaban J connectivity index is 2.10. The quantitative estimate of drug-likeness (QED) is 0.770. The Bertz CT molecular complexity index is 431. The maximum atomic E-state index is 5.56. The van der Waals surface area contributed by atoms with Gasteiger partial charge in [0, 0.05) is 39.3 Å². The molecule has 2 rings (SSSR count). The first-order valence-corrected chi connectivity index (χ1v) is 7.35. The van der Waals surface area contributed by atoms with Crippen molar-refractivity contribution in [2.75, 3.05) is 34.3 Å². The highest BCUT2D eigenvalue weighted by atomic mass is 16.5. The standard InChI is InChI=1S/C14H27N5O/c1-6-19-14(11(2)15-16-19)10-18-9-13(20-5)7-12(18)8-17(3)4/h12-13H,6-10H2,1-5H3/t12-,13-/m0/s1. The van der Waals surface area contributed by atoms with E-state index in [4.69, 9.17) is 4.74 Å². The number of ether oxygens (including phenoxy) is 1. The van der Waals surface area contributed by atoms with E-state index in [1.807, 2.05) is 18.7 Å². The van der Waals surface area contributed by atoms with Crippen LogP contribution in [0.1, 0.15) is 24.7 Å². The SMILES string of the molecule is CCn1nnc(C)c1CN1C[C@@H](OC)C[C@H]1CN(C)C. The summed E-state index contributed by atoms with van der Waals surface area (Å²) in [6.07, 6.45) is 1.44. The summed E-state index contributed by atoms with van der Waals surface area (Å²) in [5.74, 6) is 0. The number of methoxy groups -OCH3 is 1. The van der Waals surface area contributed by atoms with Crippen LogP contribution in [0.2, 0.25) is 0 Å². The lowest BCUT2D eigenvalue weighted by molar-refractivity contribution is 0.107. The Kier molecular flexibility index (Phi) is 5.12. The van der Waals surface area contributed by atoms with E-state index in [0.717, 1.165) is 38.3 Å². The van der Waals surface area contributed by atoms with E-state index in [1.54, 1.807) is 0 Å². The normalized spacial score (nSPS) is 23.9. The Labute approximate surface area is 121 Å². The summed E-state index contributed by atoms with van der Waals surface area (Å²) in [5.41, 5.74) is 2.27. The Hall–Kier alpha value is -0.980. The molecule has 0 radical (unpaired) electrons. The molecule has 0 unspecified atom stereocenters. The first kappa shape index (κ1) is 15.4. The van der Waals surface area contributed by atoms with Crippen molar-refractivity contribution >= 4 is 0 Å². The van der Waals surface area contributed by atoms with Crippen molar-refractivity contribution in [2.45, 2.75) is 45.5 Å². The molecule has 0 saturated carbocycles. The Morgan fingerprint density at radius 3 is 2.75 bits per heavy atom. The minimum atomic E-state index is 0.339. The number of likely N-dealkylation sites (tertiary alicyclic amines) is 1. The monoisotopic (exact) mass is 281 g/mol. The second-order valence-electron chi connectivity index (χ2n) is 5.88. The van der Waals surface area contributed by atoms with Gasteiger partial charge in [0.1, 0.15) is 0 Å². The minimum Gasteiger partial charge on any atom is -0.380 e. The van der Waals surface area contributed by atoms with E-state index >= 15 is 0 Å². The zero-order chi connectivity index (χ0) is 14.7. The molecule has 20 heavy (non-hydrogen) atoms. The predicted molar refractivity (Wildman–Crippen MR) is 78.6 cm³/mol. The molecule has 0 aliphatic carbocycles. The molecule has 0 amide bonds. The Morgan fingerprint density at radius 1 is 1.40 bits per heavy atom. The number of aryl methyl sites for hydroxylation is 2. The van der Waals surface area contributed by atoms with Crippen molar-refractivity contribution in [2.24, 2.45) is 0 Å². The van der Waals surface area contributed by atoms with Crippen LogP contribution in [0.4, 0.5) is 0 Å². The summed E-state index contributed by atoms with van der Waals surface area (Å²) in [6.45, 7) is 7.98. The van der Waals surface area contributed by atoms with Crippen molar-refractivity contribution < 1.29 is 4.74 Å². The molecule has 0 bridgehead atoms. The number of hydrogen-bond donors (Lipinski definition) is 0. The summed E-state index contributed by atoms with van der Waals surface area (Å²) in [6, 6.07) is 0.537. The molecule has 6 nitrogen and oxygen atoms in total. The average Bonchev–Trinajstić information content (AvgIpc) is 2.95. The molecule has 114 valence electrons. The molecule has 0 spiro atoms. The van der Waals surface area contributed by atoms with Crippen LogP contribution in [0.3, 0.4) is 0 Å². The number of rotatable bonds is 6. The van der Waals surface area contributed by atoms with Gasteiger partial charge in [-0.25, -0.2) is 4.68 Å². The van der Waals surface area contributed by atoms with Gasteiger partial charge in [-0.05, 0) is 34.4 Å². The minimum absolute atomic E-state index is 0.339. The van der Waals surface area contributed by atoms with E-state index in [-0.39, 0.29) is 0 Å². The molecular weight excluding hydrogens is 254 g/mol. The molecule has 1 aliphatic rings. The second-order valence-corrected chi connectivity index (χ2v) is 5.88. The van der Waals surface area contributed by atoms with Crippen LogP contribution < -0.4 is 0 Å². The van der Waals surface area contributed by atoms with Gasteiger partial charge in [0.05, 0.1) is 17.5 Å². The van der Waals surface area contributed by atoms with Crippen LogP contribution >= 0.6 is 0 Å². The van der Waals surface area contributed by atoms with Crippen LogP contribution in [-0.2, 0) is 17.8 Å². The van der Waals surface area contributed by atoms with Crippen molar-refractivity contribution in [3.05, 3.63) is 11.4 Å². The van der Waals surface area contributed by atoms with Gasteiger partial charge >= 0.3 is 0 Å². The molecular formula is C14H27N5O. The zero-order valence-electron chi connectivity index (χ0n) is 13.3. The molecule has 1 aliphatic heterocycles. The van der Waals surface area contributed by atoms with E-state index in [9.17, 15) is 0 Å². The zero-order valence-corrected chi connectivity index (χ0v) is 13.3. The molecule has 1 aromatic heterocycles. The molecule has 2 atom stereocenters. The maximum absolute atomic E-state index is 5.56. The third kappa shape index (κ3) is 3.37. The van der Waals surface area contributed by atoms with Gasteiger partial charge in [-0.1, -0.05) is 5.21 Å². The van der Waals surface area contributed by atoms with Crippen LogP contribution in [0.25, 0.3) is 0 Å². The van der Waals surface area contributed by atoms with Gasteiger partial charge in [0.2, 0.25) is 0 Å². The third-order valence-corrected chi connectivity index (χ3v) is 4.08. The third-order valence-electron chi connectivity index (χ3n) is 4.08. The highest BCUT2D eigenvalue weighted by Crippen LogP contribution is 2.23. The molecule has 1 aromatic rings. The predicted octanol–water partition coefficient (Wildman–Crippen LogP) is 0.757. The second kappa shape index (κ2) is 6.65. The van der Waals surface area contributed by atoms with E-state index in [2.05, 4.69) is 41.1 Å². The van der Waals surface area contributed by atoms with Crippen molar-refractivity contribution in [1.82, 2.24) is 24.8 Å². The fraction of sp³-hybridized carbons (Fsp3) is 0.857. The van der Waals surface area contributed by atoms with Gasteiger partial charge in [-0.15, -0.1) is 5.10 Å². The summed E-state index contributed by atoms with van der Waals surface area (Å²) in [5, 5.41) is 8.40. The fourth-order valence-electron chi connectivity index (χ4n) is 2.98. The van der Waals surface area contributed by atoms with E-state index < -0.39 is 0 Å². The summed E-state index contributed by atoms with van der Waals surface area (Å²) >= 11 is 0. The highest BCUT2D eigenvalue weighted by molar-refractivity contribution is 5.09. The van der Waals surface area contributed by atoms with Gasteiger partial charge in [-0.3, -0.25) is 4.90 Å². The average molecular weight is 281 g/mol. The maximum Gasteiger partial charge on any atom is 0.0841 e. The summed E-state index contributed by atoms with van der Waals surface area (Å²) < 4.78 is 7.56. The summed E-state index contributed by atoms with van der Waals surface area (Å²) in [7, 11) is 6.06. The van der Waals surface area contributed by atoms with Gasteiger partial charge in [-0.2, -0.15) is 0 Å². The van der Waals surface area contributed by atoms with E-state index in [1.165, 1.54) is 5.69 Å². The number of hydrogen-bond acceptors (Lipinski definition) is 5. The van der Waals surface area contributed by atoms with Crippen LogP contribution in [-0.4, -0.2) is 71.2 Å². The summed E-state index contributed by atoms with van der Waals surface area (Å²) in [4.78, 5) is 4.75. The number of nitrogens with zero attached hydrogens (tertiary/aromatic N) is 5. The lowest BCUT2D eigenvalue weighted by atomic mass is 10.2. The number of aromatic nitrogens is 3. The fourth-order valence-corrected chi connectivity index (χ4v) is 2.98. The lowest BCUT2D eigenvalue weighted by Gasteiger charge is -2.26. The van der Waals surface area contributed by atoms with Gasteiger partial charge < -0.3 is 9.64 Å². The van der Waals surface area contributed by atoms with Crippen LogP contribution in [0.5, 0.6) is 0 Å². The lowest BCUT2D eigenvalue weighted by Crippen LogP contribution is -2.37. The highest BCUT2D eigenvalue weighted by Gasteiger charge is 2.33. The molecule has 6 heteroatoms. The Morgan fingerprint density at radius 2 is 2.15 bits per heavy atom. The molecule has 2 heterocycles. The van der Waals surface area contributed by atoms with E-state index in [0.29, 0.717) is 12.1 Å². The largest absolute Gasteiger partial charge is 0.380 e. The number of likely N-dealkylation sites (N-methyl/N-ethyl adjacent to an activating group) is 1. The first-order valence-electron chi connectivity index (χ1n) is 7.35. The van der Waals surface area contributed by atoms with Crippen LogP contribution in [0.15, 0.2) is 0 Å².